The maximum atomic E-state index is 11.7. The third kappa shape index (κ3) is 2.59. The second-order valence-corrected chi connectivity index (χ2v) is 4.91. The van der Waals surface area contributed by atoms with Crippen molar-refractivity contribution in [2.24, 2.45) is 11.7 Å². The van der Waals surface area contributed by atoms with Crippen molar-refractivity contribution in [3.63, 3.8) is 0 Å². The number of amides is 2. The van der Waals surface area contributed by atoms with Crippen molar-refractivity contribution in [2.45, 2.75) is 32.7 Å². The van der Waals surface area contributed by atoms with E-state index in [0.29, 0.717) is 12.3 Å². The number of carbonyl (C=O) groups excluding carboxylic acids is 2. The maximum Gasteiger partial charge on any atom is 0.255 e. The first kappa shape index (κ1) is 13.1. The molecule has 2 N–H and O–H groups in total. The van der Waals surface area contributed by atoms with Gasteiger partial charge in [-0.15, -0.1) is 0 Å². The van der Waals surface area contributed by atoms with E-state index < -0.39 is 5.54 Å². The van der Waals surface area contributed by atoms with Gasteiger partial charge in [-0.25, -0.2) is 0 Å². The van der Waals surface area contributed by atoms with Crippen molar-refractivity contribution in [3.05, 3.63) is 0 Å². The minimum absolute atomic E-state index is 0.0283. The van der Waals surface area contributed by atoms with Crippen LogP contribution in [0.3, 0.4) is 0 Å². The molecule has 5 heteroatoms. The molecule has 0 aromatic carbocycles. The van der Waals surface area contributed by atoms with Gasteiger partial charge in [-0.05, 0) is 19.3 Å². The number of nitrogens with zero attached hydrogens (tertiary/aromatic N) is 1. The van der Waals surface area contributed by atoms with E-state index in [1.165, 1.54) is 4.90 Å². The summed E-state index contributed by atoms with van der Waals surface area (Å²) in [6.45, 7) is 6.17. The first-order valence-corrected chi connectivity index (χ1v) is 5.54. The topological polar surface area (TPSA) is 72.6 Å². The Kier molecular flexibility index (Phi) is 4.04. The summed E-state index contributed by atoms with van der Waals surface area (Å²) in [4.78, 5) is 24.7. The van der Waals surface area contributed by atoms with Gasteiger partial charge in [-0.3, -0.25) is 14.5 Å². The molecule has 16 heavy (non-hydrogen) atoms. The molecule has 1 rings (SSSR count). The number of morpholine rings is 1. The van der Waals surface area contributed by atoms with Crippen molar-refractivity contribution >= 4 is 11.8 Å². The molecular weight excluding hydrogens is 208 g/mol. The summed E-state index contributed by atoms with van der Waals surface area (Å²) in [7, 11) is 0. The lowest BCUT2D eigenvalue weighted by atomic mass is 9.88. The average molecular weight is 228 g/mol. The fraction of sp³-hybridized carbons (Fsp3) is 0.818. The lowest BCUT2D eigenvalue weighted by molar-refractivity contribution is -0.166. The second kappa shape index (κ2) is 4.93. The molecule has 0 spiro atoms. The van der Waals surface area contributed by atoms with E-state index in [1.54, 1.807) is 0 Å². The fourth-order valence-corrected chi connectivity index (χ4v) is 2.24. The Morgan fingerprint density at radius 1 is 1.38 bits per heavy atom. The smallest absolute Gasteiger partial charge is 0.255 e. The van der Waals surface area contributed by atoms with Crippen LogP contribution in [-0.4, -0.2) is 42.0 Å². The molecule has 0 saturated carbocycles. The maximum absolute atomic E-state index is 11.7. The summed E-state index contributed by atoms with van der Waals surface area (Å²) < 4.78 is 4.89. The van der Waals surface area contributed by atoms with Crippen LogP contribution in [0.2, 0.25) is 0 Å². The predicted molar refractivity (Wildman–Crippen MR) is 59.6 cm³/mol. The van der Waals surface area contributed by atoms with Crippen LogP contribution >= 0.6 is 0 Å². The van der Waals surface area contributed by atoms with Crippen molar-refractivity contribution in [1.82, 2.24) is 4.90 Å². The molecule has 1 unspecified atom stereocenters. The van der Waals surface area contributed by atoms with Crippen LogP contribution in [0.1, 0.15) is 27.2 Å². The molecule has 1 atom stereocenters. The molecule has 0 aliphatic carbocycles. The van der Waals surface area contributed by atoms with Crippen molar-refractivity contribution in [3.8, 4) is 0 Å². The molecule has 1 fully saturated rings. The Balaban J connectivity index is 2.92. The molecule has 5 nitrogen and oxygen atoms in total. The van der Waals surface area contributed by atoms with E-state index in [9.17, 15) is 9.59 Å². The minimum atomic E-state index is -0.591. The zero-order valence-corrected chi connectivity index (χ0v) is 10.2. The highest BCUT2D eigenvalue weighted by molar-refractivity contribution is 5.99. The number of ether oxygens (including phenoxy) is 1. The number of carbonyl (C=O) groups is 2. The van der Waals surface area contributed by atoms with Gasteiger partial charge >= 0.3 is 0 Å². The van der Waals surface area contributed by atoms with Crippen molar-refractivity contribution in [1.29, 1.82) is 0 Å². The Morgan fingerprint density at radius 2 is 1.88 bits per heavy atom. The lowest BCUT2D eigenvalue weighted by Gasteiger charge is -2.41. The summed E-state index contributed by atoms with van der Waals surface area (Å²) >= 11 is 0. The molecule has 1 aliphatic rings. The second-order valence-electron chi connectivity index (χ2n) is 4.91. The third-order valence-corrected chi connectivity index (χ3v) is 2.78. The molecule has 1 heterocycles. The SMILES string of the molecule is CC(C)CC(C)(CN)N1C(=O)COCC1=O. The average Bonchev–Trinajstić information content (AvgIpc) is 2.16. The highest BCUT2D eigenvalue weighted by Gasteiger charge is 2.41. The molecule has 2 amide bonds. The quantitative estimate of drug-likeness (QED) is 0.694. The molecule has 92 valence electrons. The van der Waals surface area contributed by atoms with Crippen LogP contribution in [-0.2, 0) is 14.3 Å². The Labute approximate surface area is 95.9 Å². The highest BCUT2D eigenvalue weighted by atomic mass is 16.5. The van der Waals surface area contributed by atoms with E-state index in [4.69, 9.17) is 10.5 Å². The van der Waals surface area contributed by atoms with Gasteiger partial charge in [-0.1, -0.05) is 13.8 Å². The zero-order chi connectivity index (χ0) is 12.3. The minimum Gasteiger partial charge on any atom is -0.362 e. The lowest BCUT2D eigenvalue weighted by Crippen LogP contribution is -2.61. The van der Waals surface area contributed by atoms with Crippen molar-refractivity contribution < 1.29 is 14.3 Å². The normalized spacial score (nSPS) is 21.4. The van der Waals surface area contributed by atoms with E-state index in [0.717, 1.165) is 0 Å². The summed E-state index contributed by atoms with van der Waals surface area (Å²) in [5.41, 5.74) is 5.13. The van der Waals surface area contributed by atoms with Crippen LogP contribution in [0, 0.1) is 5.92 Å². The molecule has 0 bridgehead atoms. The predicted octanol–water partition coefficient (Wildman–Crippen LogP) is 0.135. The van der Waals surface area contributed by atoms with E-state index in [1.807, 2.05) is 20.8 Å². The fourth-order valence-electron chi connectivity index (χ4n) is 2.24. The largest absolute Gasteiger partial charge is 0.362 e. The summed E-state index contributed by atoms with van der Waals surface area (Å²) in [5, 5.41) is 0. The van der Waals surface area contributed by atoms with E-state index in [2.05, 4.69) is 0 Å². The van der Waals surface area contributed by atoms with Gasteiger partial charge in [0.05, 0.1) is 5.54 Å². The van der Waals surface area contributed by atoms with Crippen LogP contribution in [0.25, 0.3) is 0 Å². The Hall–Kier alpha value is -0.940. The number of rotatable bonds is 4. The van der Waals surface area contributed by atoms with Gasteiger partial charge in [0.15, 0.2) is 0 Å². The summed E-state index contributed by atoms with van der Waals surface area (Å²) in [5.74, 6) is -0.202. The standard InChI is InChI=1S/C11H20N2O3/c1-8(2)4-11(3,7-12)13-9(14)5-16-6-10(13)15/h8H,4-7,12H2,1-3H3. The number of hydrogen-bond donors (Lipinski definition) is 1. The van der Waals surface area contributed by atoms with Gasteiger partial charge in [0.25, 0.3) is 11.8 Å². The molecule has 0 aromatic heterocycles. The van der Waals surface area contributed by atoms with E-state index >= 15 is 0 Å². The van der Waals surface area contributed by atoms with Gasteiger partial charge in [0.2, 0.25) is 0 Å². The van der Waals surface area contributed by atoms with Gasteiger partial charge in [-0.2, -0.15) is 0 Å². The first-order chi connectivity index (χ1) is 7.40. The molecule has 0 aromatic rings. The van der Waals surface area contributed by atoms with Gasteiger partial charge in [0.1, 0.15) is 13.2 Å². The zero-order valence-electron chi connectivity index (χ0n) is 10.2. The van der Waals surface area contributed by atoms with Gasteiger partial charge < -0.3 is 10.5 Å². The number of imide groups is 1. The number of hydrogen-bond acceptors (Lipinski definition) is 4. The Morgan fingerprint density at radius 3 is 2.25 bits per heavy atom. The monoisotopic (exact) mass is 228 g/mol. The van der Waals surface area contributed by atoms with Crippen LogP contribution < -0.4 is 5.73 Å². The van der Waals surface area contributed by atoms with Gasteiger partial charge in [0, 0.05) is 6.54 Å². The molecule has 1 saturated heterocycles. The molecular formula is C11H20N2O3. The van der Waals surface area contributed by atoms with Crippen LogP contribution in [0.4, 0.5) is 0 Å². The molecule has 1 aliphatic heterocycles. The first-order valence-electron chi connectivity index (χ1n) is 5.54. The highest BCUT2D eigenvalue weighted by Crippen LogP contribution is 2.25. The number of nitrogens with two attached hydrogens (primary N) is 1. The van der Waals surface area contributed by atoms with Crippen LogP contribution in [0.15, 0.2) is 0 Å². The van der Waals surface area contributed by atoms with Crippen molar-refractivity contribution in [2.75, 3.05) is 19.8 Å². The third-order valence-electron chi connectivity index (χ3n) is 2.78. The summed E-state index contributed by atoms with van der Waals surface area (Å²) in [6, 6.07) is 0. The van der Waals surface area contributed by atoms with Crippen LogP contribution in [0.5, 0.6) is 0 Å². The molecule has 0 radical (unpaired) electrons. The summed E-state index contributed by atoms with van der Waals surface area (Å²) in [6.07, 6.45) is 0.709. The Bertz CT molecular complexity index is 275. The van der Waals surface area contributed by atoms with E-state index in [-0.39, 0.29) is 31.6 Å².